The van der Waals surface area contributed by atoms with Gasteiger partial charge in [0.15, 0.2) is 0 Å². The Labute approximate surface area is 58.7 Å². The lowest BCUT2D eigenvalue weighted by Gasteiger charge is -2.14. The predicted octanol–water partition coefficient (Wildman–Crippen LogP) is 3.00. The molecule has 1 aliphatic rings. The van der Waals surface area contributed by atoms with Crippen LogP contribution in [0.4, 0.5) is 0 Å². The Morgan fingerprint density at radius 3 is 2.33 bits per heavy atom. The molecule has 52 valence electrons. The largest absolute Gasteiger partial charge is 0.0648 e. The Kier molecular flexibility index (Phi) is 2.15. The van der Waals surface area contributed by atoms with Crippen molar-refractivity contribution in [3.8, 4) is 0 Å². The van der Waals surface area contributed by atoms with Gasteiger partial charge in [-0.3, -0.25) is 0 Å². The van der Waals surface area contributed by atoms with Crippen LogP contribution in [0.1, 0.15) is 40.0 Å². The molecule has 0 aromatic rings. The lowest BCUT2D eigenvalue weighted by atomic mass is 9.91. The zero-order valence-electron chi connectivity index (χ0n) is 6.70. The van der Waals surface area contributed by atoms with Crippen molar-refractivity contribution in [2.24, 2.45) is 5.92 Å². The summed E-state index contributed by atoms with van der Waals surface area (Å²) in [5, 5.41) is 0. The summed E-state index contributed by atoms with van der Waals surface area (Å²) in [5.74, 6) is 4.27. The maximum atomic E-state index is 2.33. The molecule has 0 aliphatic heterocycles. The fraction of sp³-hybridized carbons (Fsp3) is 0.778. The number of rotatable bonds is 1. The van der Waals surface area contributed by atoms with Gasteiger partial charge >= 0.3 is 0 Å². The van der Waals surface area contributed by atoms with Crippen LogP contribution < -0.4 is 0 Å². The second-order valence-electron chi connectivity index (χ2n) is 3.08. The third kappa shape index (κ3) is 1.28. The third-order valence-corrected chi connectivity index (χ3v) is 2.65. The molecule has 0 nitrogen and oxygen atoms in total. The highest BCUT2D eigenvalue weighted by Gasteiger charge is 2.28. The second-order valence-corrected chi connectivity index (χ2v) is 3.08. The normalized spacial score (nSPS) is 31.7. The van der Waals surface area contributed by atoms with Gasteiger partial charge in [0.2, 0.25) is 0 Å². The molecule has 1 aliphatic carbocycles. The summed E-state index contributed by atoms with van der Waals surface area (Å²) in [6.07, 6.45) is 4.01. The van der Waals surface area contributed by atoms with Gasteiger partial charge in [-0.1, -0.05) is 20.8 Å². The van der Waals surface area contributed by atoms with Crippen LogP contribution in [0.15, 0.2) is 0 Å². The van der Waals surface area contributed by atoms with E-state index >= 15 is 0 Å². The van der Waals surface area contributed by atoms with Gasteiger partial charge in [-0.25, -0.2) is 0 Å². The summed E-state index contributed by atoms with van der Waals surface area (Å²) in [6, 6.07) is 0. The molecule has 0 aromatic carbocycles. The molecule has 0 heterocycles. The van der Waals surface area contributed by atoms with Crippen molar-refractivity contribution in [2.45, 2.75) is 40.0 Å². The van der Waals surface area contributed by atoms with E-state index in [1.54, 1.807) is 11.8 Å². The molecule has 0 bridgehead atoms. The van der Waals surface area contributed by atoms with Crippen LogP contribution in [0.2, 0.25) is 0 Å². The lowest BCUT2D eigenvalue weighted by molar-refractivity contribution is 0.642. The van der Waals surface area contributed by atoms with Gasteiger partial charge in [0.1, 0.15) is 0 Å². The average molecular weight is 124 g/mol. The van der Waals surface area contributed by atoms with E-state index in [-0.39, 0.29) is 0 Å². The van der Waals surface area contributed by atoms with Crippen LogP contribution in [-0.4, -0.2) is 0 Å². The first-order valence-electron chi connectivity index (χ1n) is 3.92. The molecule has 9 heavy (non-hydrogen) atoms. The van der Waals surface area contributed by atoms with Crippen molar-refractivity contribution >= 4 is 0 Å². The van der Waals surface area contributed by atoms with Crippen molar-refractivity contribution in [3.63, 3.8) is 0 Å². The molecule has 0 unspecified atom stereocenters. The number of hydrogen-bond acceptors (Lipinski definition) is 0. The Bertz CT molecular complexity index is 86.0. The van der Waals surface area contributed by atoms with E-state index in [0.29, 0.717) is 0 Å². The average Bonchev–Trinajstić information content (AvgIpc) is 2.15. The standard InChI is InChI=1S/C9H16/c1-4-9-6-5-7(2)8(9)3/h8H,4-6H2,1-3H3/t8-/m1/s1. The van der Waals surface area contributed by atoms with Gasteiger partial charge < -0.3 is 0 Å². The van der Waals surface area contributed by atoms with Crippen molar-refractivity contribution < 1.29 is 0 Å². The first-order valence-corrected chi connectivity index (χ1v) is 3.92. The fourth-order valence-electron chi connectivity index (χ4n) is 1.62. The summed E-state index contributed by atoms with van der Waals surface area (Å²) in [5.41, 5.74) is 0. The Morgan fingerprint density at radius 1 is 1.44 bits per heavy atom. The molecule has 0 aromatic heterocycles. The molecule has 1 rings (SSSR count). The topological polar surface area (TPSA) is 0 Å². The maximum absolute atomic E-state index is 2.33. The molecule has 1 atom stereocenters. The van der Waals surface area contributed by atoms with Crippen molar-refractivity contribution in [1.82, 2.24) is 0 Å². The predicted molar refractivity (Wildman–Crippen MR) is 40.8 cm³/mol. The maximum Gasteiger partial charge on any atom is -0.0210 e. The molecule has 0 N–H and O–H groups in total. The molecule has 0 saturated heterocycles. The highest BCUT2D eigenvalue weighted by molar-refractivity contribution is 5.14. The minimum Gasteiger partial charge on any atom is -0.0648 e. The first-order chi connectivity index (χ1) is 4.25. The van der Waals surface area contributed by atoms with E-state index in [1.807, 2.05) is 0 Å². The van der Waals surface area contributed by atoms with Crippen LogP contribution in [-0.2, 0) is 0 Å². The monoisotopic (exact) mass is 124 g/mol. The van der Waals surface area contributed by atoms with Crippen LogP contribution in [0.5, 0.6) is 0 Å². The van der Waals surface area contributed by atoms with Gasteiger partial charge in [0.05, 0.1) is 0 Å². The van der Waals surface area contributed by atoms with E-state index in [0.717, 1.165) is 5.92 Å². The van der Waals surface area contributed by atoms with E-state index < -0.39 is 0 Å². The Balaban J connectivity index is 2.41. The lowest BCUT2D eigenvalue weighted by Crippen LogP contribution is -2.03. The van der Waals surface area contributed by atoms with Gasteiger partial charge in [-0.2, -0.15) is 0 Å². The van der Waals surface area contributed by atoms with Crippen LogP contribution in [0, 0.1) is 17.8 Å². The van der Waals surface area contributed by atoms with Crippen molar-refractivity contribution in [3.05, 3.63) is 11.8 Å². The fourth-order valence-corrected chi connectivity index (χ4v) is 1.62. The minimum atomic E-state index is 0.829. The zero-order chi connectivity index (χ0) is 6.85. The third-order valence-electron chi connectivity index (χ3n) is 2.65. The summed E-state index contributed by atoms with van der Waals surface area (Å²) < 4.78 is 0. The summed E-state index contributed by atoms with van der Waals surface area (Å²) >= 11 is 0. The Morgan fingerprint density at radius 2 is 2.11 bits per heavy atom. The smallest absolute Gasteiger partial charge is 0.0210 e. The highest BCUT2D eigenvalue weighted by Crippen LogP contribution is 2.40. The van der Waals surface area contributed by atoms with Gasteiger partial charge in [-0.15, -0.1) is 0 Å². The molecular formula is C9H16. The zero-order valence-corrected chi connectivity index (χ0v) is 6.70. The van der Waals surface area contributed by atoms with Crippen molar-refractivity contribution in [1.29, 1.82) is 0 Å². The first kappa shape index (κ1) is 7.11. The van der Waals surface area contributed by atoms with Gasteiger partial charge in [0.25, 0.3) is 0 Å². The molecule has 2 radical (unpaired) electrons. The molecule has 0 amide bonds. The van der Waals surface area contributed by atoms with E-state index in [1.165, 1.54) is 19.3 Å². The molecule has 1 saturated carbocycles. The molecule has 1 fully saturated rings. The van der Waals surface area contributed by atoms with Crippen LogP contribution >= 0.6 is 0 Å². The van der Waals surface area contributed by atoms with Gasteiger partial charge in [0, 0.05) is 0 Å². The van der Waals surface area contributed by atoms with Crippen molar-refractivity contribution in [2.75, 3.05) is 0 Å². The van der Waals surface area contributed by atoms with E-state index in [4.69, 9.17) is 0 Å². The van der Waals surface area contributed by atoms with E-state index in [9.17, 15) is 0 Å². The van der Waals surface area contributed by atoms with Crippen LogP contribution in [0.3, 0.4) is 0 Å². The molecular weight excluding hydrogens is 108 g/mol. The summed E-state index contributed by atoms with van der Waals surface area (Å²) in [7, 11) is 0. The Hall–Kier alpha value is 0. The summed E-state index contributed by atoms with van der Waals surface area (Å²) in [4.78, 5) is 0. The minimum absolute atomic E-state index is 0.829. The van der Waals surface area contributed by atoms with Crippen LogP contribution in [0.25, 0.3) is 0 Å². The van der Waals surface area contributed by atoms with Gasteiger partial charge in [-0.05, 0) is 37.0 Å². The SMILES string of the molecule is CC[C]1CC[C](C)[C@H]1C. The number of hydrogen-bond donors (Lipinski definition) is 0. The molecule has 0 spiro atoms. The quantitative estimate of drug-likeness (QED) is 0.504. The van der Waals surface area contributed by atoms with E-state index in [2.05, 4.69) is 20.8 Å². The molecule has 0 heteroatoms. The second kappa shape index (κ2) is 2.72. The summed E-state index contributed by atoms with van der Waals surface area (Å²) in [6.45, 7) is 6.89. The highest BCUT2D eigenvalue weighted by atomic mass is 14.3.